The van der Waals surface area contributed by atoms with Gasteiger partial charge in [-0.3, -0.25) is 0 Å². The van der Waals surface area contributed by atoms with E-state index < -0.39 is 132 Å². The molecule has 0 N–H and O–H groups in total. The van der Waals surface area contributed by atoms with Crippen LogP contribution in [0.3, 0.4) is 0 Å². The summed E-state index contributed by atoms with van der Waals surface area (Å²) in [6.07, 6.45) is 0. The Kier molecular flexibility index (Phi) is 9.15. The minimum Gasteiger partial charge on any atom is -0.0622 e. The number of rotatable bonds is 6. The average Bonchev–Trinajstić information content (AvgIpc) is 0.792. The molecule has 21 aromatic rings. The smallest absolute Gasteiger partial charge is 0.0622 e. The van der Waals surface area contributed by atoms with Gasteiger partial charge in [-0.15, -0.1) is 0 Å². The molecule has 0 unspecified atom stereocenters. The molecule has 0 spiro atoms. The lowest BCUT2D eigenvalue weighted by molar-refractivity contribution is 1.66. The Morgan fingerprint density at radius 1 is 0.127 bits per heavy atom. The Hall–Kier alpha value is -13.3. The Balaban J connectivity index is 0.000000129. The fourth-order valence-electron chi connectivity index (χ4n) is 14.7. The molecule has 0 atom stereocenters. The van der Waals surface area contributed by atoms with Crippen molar-refractivity contribution in [1.82, 2.24) is 0 Å². The Labute approximate surface area is 634 Å². The highest BCUT2D eigenvalue weighted by atomic mass is 14.2. The molecule has 0 aliphatic carbocycles. The van der Waals surface area contributed by atoms with E-state index in [9.17, 15) is 0 Å². The van der Waals surface area contributed by atoms with Gasteiger partial charge >= 0.3 is 0 Å². The van der Waals surface area contributed by atoms with Crippen molar-refractivity contribution in [1.29, 1.82) is 0 Å². The van der Waals surface area contributed by atoms with E-state index >= 15 is 0 Å². The van der Waals surface area contributed by atoms with Crippen molar-refractivity contribution in [3.63, 3.8) is 0 Å². The molecule has 0 heterocycles. The molecule has 0 saturated carbocycles. The first-order valence-electron chi connectivity index (χ1n) is 47.9. The largest absolute Gasteiger partial charge is 0.0629 e. The van der Waals surface area contributed by atoms with E-state index in [0.29, 0.717) is 59.8 Å². The molecule has 0 aromatic heterocycles. The molecule has 0 radical (unpaired) electrons. The van der Waals surface area contributed by atoms with Crippen LogP contribution in [-0.4, -0.2) is 0 Å². The first kappa shape index (κ1) is 36.5. The number of hydrogen-bond donors (Lipinski definition) is 0. The van der Waals surface area contributed by atoms with E-state index in [1.54, 1.807) is 60.7 Å². The molecular formula is C102H66. The molecule has 21 aromatic carbocycles. The SMILES string of the molecule is [2H]c1c([2H])c([2H])c(-c2c3c([2H])c([2H])c([2H])c([2H])c3c(-c3ccc4ccc5ccccc5c4c3)c3c([2H])c([2H])c([2H])c([2H])c23)c([2H])c1[2H].[2H]c1c([2H])c([2H])c(-c2c3ccccc3c(-c3ccc4ccc5c([2H])c([2H])c([2H])c([2H])c5c4c3)c3c([2H])c([2H])c([2H])c([2H])c23)c([2H])c1[2H].[2H]c1c([2H])c([2H])c2c(-c3ccc4ccc5ccccc5c4c3)c3ccccc3c(-c3ccccc3)c2c1[2H]. The minimum atomic E-state index is -0.700. The maximum absolute atomic E-state index is 9.11. The van der Waals surface area contributed by atoms with Crippen molar-refractivity contribution in [2.75, 3.05) is 0 Å². The summed E-state index contributed by atoms with van der Waals surface area (Å²) in [5, 5.41) is 13.3. The van der Waals surface area contributed by atoms with Gasteiger partial charge in [-0.05, 0) is 214 Å². The maximum Gasteiger partial charge on any atom is 0.0629 e. The summed E-state index contributed by atoms with van der Waals surface area (Å²) in [6, 6.07) is 55.2. The lowest BCUT2D eigenvalue weighted by atomic mass is 9.85. The normalized spacial score (nSPS) is 15.6. The average molecular weight is 1320 g/mol. The Morgan fingerprint density at radius 3 is 0.735 bits per heavy atom. The third-order valence-corrected chi connectivity index (χ3v) is 19.1. The van der Waals surface area contributed by atoms with Gasteiger partial charge in [0.1, 0.15) is 0 Å². The molecule has 0 heteroatoms. The minimum absolute atomic E-state index is 0.0110. The van der Waals surface area contributed by atoms with Crippen molar-refractivity contribution in [2.24, 2.45) is 0 Å². The van der Waals surface area contributed by atoms with E-state index in [2.05, 4.69) is 54.6 Å². The van der Waals surface area contributed by atoms with E-state index in [-0.39, 0.29) is 109 Å². The Bertz CT molecular complexity index is 8640. The second kappa shape index (κ2) is 25.5. The molecular weight excluding hydrogens is 1230 g/mol. The first-order chi connectivity index (χ1) is 63.1. The standard InChI is InChI=1S/3C34H22/c3*1-2-11-25(12-3-1)33-28-14-6-8-16-30(28)34(31-17-9-7-15-29(31)33)26-21-20-24-19-18-23-10-4-5-13-27(23)32(24)22-26/h3*1-22H/i1D,2D,3D,6D,7D,8D,9D,11D,12D,14D,15D,16D,17D;1D,2D,3D,4D,5D,6D,8D,10D,11D,12D,13D,14D,16D;6D,8D,14D,16D. The van der Waals surface area contributed by atoms with Crippen molar-refractivity contribution >= 4 is 129 Å². The van der Waals surface area contributed by atoms with Crippen LogP contribution in [0.25, 0.3) is 196 Å². The summed E-state index contributed by atoms with van der Waals surface area (Å²) < 4.78 is 259. The number of hydrogen-bond acceptors (Lipinski definition) is 0. The quantitative estimate of drug-likeness (QED) is 0.115. The van der Waals surface area contributed by atoms with Gasteiger partial charge in [0.05, 0.1) is 41.1 Å². The summed E-state index contributed by atoms with van der Waals surface area (Å²) in [6.45, 7) is 0. The monoisotopic (exact) mass is 1320 g/mol. The molecule has 474 valence electrons. The van der Waals surface area contributed by atoms with Gasteiger partial charge in [0, 0.05) is 0 Å². The van der Waals surface area contributed by atoms with Crippen LogP contribution in [0.4, 0.5) is 0 Å². The molecule has 0 fully saturated rings. The van der Waals surface area contributed by atoms with Gasteiger partial charge in [0.15, 0.2) is 0 Å². The highest BCUT2D eigenvalue weighted by Gasteiger charge is 2.21. The number of benzene rings is 21. The van der Waals surface area contributed by atoms with Gasteiger partial charge < -0.3 is 0 Å². The number of fused-ring (bicyclic) bond motifs is 15. The summed E-state index contributed by atoms with van der Waals surface area (Å²) in [4.78, 5) is 0. The second-order valence-electron chi connectivity index (χ2n) is 24.6. The summed E-state index contributed by atoms with van der Waals surface area (Å²) in [5.41, 5.74) is 4.11. The van der Waals surface area contributed by atoms with Crippen LogP contribution in [0.5, 0.6) is 0 Å². The van der Waals surface area contributed by atoms with Crippen molar-refractivity contribution in [3.05, 3.63) is 400 Å². The molecule has 21 rings (SSSR count). The van der Waals surface area contributed by atoms with Crippen LogP contribution in [0.1, 0.15) is 41.1 Å². The Morgan fingerprint density at radius 2 is 0.363 bits per heavy atom. The summed E-state index contributed by atoms with van der Waals surface area (Å²) in [7, 11) is 0. The highest BCUT2D eigenvalue weighted by Crippen LogP contribution is 2.49. The van der Waals surface area contributed by atoms with Crippen LogP contribution in [0.2, 0.25) is 0 Å². The lowest BCUT2D eigenvalue weighted by Crippen LogP contribution is -1.91. The van der Waals surface area contributed by atoms with Crippen LogP contribution in [-0.2, 0) is 0 Å². The predicted molar refractivity (Wildman–Crippen MR) is 442 cm³/mol. The second-order valence-corrected chi connectivity index (χ2v) is 24.6. The predicted octanol–water partition coefficient (Wildman–Crippen LogP) is 28.9. The zero-order valence-electron chi connectivity index (χ0n) is 83.8. The van der Waals surface area contributed by atoms with Crippen LogP contribution in [0.15, 0.2) is 400 Å². The summed E-state index contributed by atoms with van der Waals surface area (Å²) in [5.74, 6) is 0. The third kappa shape index (κ3) is 10.4. The first-order valence-corrected chi connectivity index (χ1v) is 32.9. The topological polar surface area (TPSA) is 0 Å². The fraction of sp³-hybridized carbons (Fsp3) is 0. The third-order valence-electron chi connectivity index (χ3n) is 19.1. The zero-order valence-corrected chi connectivity index (χ0v) is 53.8. The van der Waals surface area contributed by atoms with Crippen molar-refractivity contribution < 1.29 is 41.1 Å². The molecule has 0 bridgehead atoms. The van der Waals surface area contributed by atoms with E-state index in [1.165, 1.54) is 0 Å². The fourth-order valence-corrected chi connectivity index (χ4v) is 14.7. The summed E-state index contributed by atoms with van der Waals surface area (Å²) >= 11 is 0. The van der Waals surface area contributed by atoms with Crippen LogP contribution < -0.4 is 0 Å². The molecule has 0 amide bonds. The highest BCUT2D eigenvalue weighted by molar-refractivity contribution is 6.26. The molecule has 0 saturated heterocycles. The van der Waals surface area contributed by atoms with Gasteiger partial charge in [-0.25, -0.2) is 0 Å². The van der Waals surface area contributed by atoms with Gasteiger partial charge in [0.2, 0.25) is 0 Å². The lowest BCUT2D eigenvalue weighted by Gasteiger charge is -2.18. The van der Waals surface area contributed by atoms with Crippen LogP contribution >= 0.6 is 0 Å². The van der Waals surface area contributed by atoms with Crippen molar-refractivity contribution in [3.8, 4) is 66.8 Å². The van der Waals surface area contributed by atoms with Crippen LogP contribution in [0, 0.1) is 0 Å². The molecule has 0 aliphatic heterocycles. The maximum atomic E-state index is 9.11. The van der Waals surface area contributed by atoms with Gasteiger partial charge in [-0.2, -0.15) is 0 Å². The van der Waals surface area contributed by atoms with Crippen molar-refractivity contribution in [2.45, 2.75) is 0 Å². The van der Waals surface area contributed by atoms with E-state index in [1.807, 2.05) is 103 Å². The van der Waals surface area contributed by atoms with E-state index in [0.717, 1.165) is 76.1 Å². The molecule has 0 nitrogen and oxygen atoms in total. The molecule has 0 aliphatic rings. The van der Waals surface area contributed by atoms with E-state index in [4.69, 9.17) is 41.1 Å². The molecule has 102 heavy (non-hydrogen) atoms. The van der Waals surface area contributed by atoms with Gasteiger partial charge in [0.25, 0.3) is 0 Å². The zero-order chi connectivity index (χ0) is 93.6. The van der Waals surface area contributed by atoms with Gasteiger partial charge in [-0.1, -0.05) is 381 Å².